The van der Waals surface area contributed by atoms with Crippen LogP contribution in [0.3, 0.4) is 0 Å². The lowest BCUT2D eigenvalue weighted by Crippen LogP contribution is -2.28. The Morgan fingerprint density at radius 1 is 1.22 bits per heavy atom. The summed E-state index contributed by atoms with van der Waals surface area (Å²) in [6.07, 6.45) is 6.21. The van der Waals surface area contributed by atoms with Gasteiger partial charge in [-0.2, -0.15) is 0 Å². The van der Waals surface area contributed by atoms with Gasteiger partial charge in [-0.25, -0.2) is 0 Å². The molecule has 0 radical (unpaired) electrons. The Morgan fingerprint density at radius 3 is 2.63 bits per heavy atom. The maximum Gasteiger partial charge on any atom is 0.246 e. The van der Waals surface area contributed by atoms with Gasteiger partial charge in [0, 0.05) is 25.4 Å². The summed E-state index contributed by atoms with van der Waals surface area (Å²) >= 11 is 0. The molecule has 2 aromatic rings. The molecule has 0 saturated carbocycles. The molecule has 7 heteroatoms. The van der Waals surface area contributed by atoms with Gasteiger partial charge in [0.15, 0.2) is 0 Å². The summed E-state index contributed by atoms with van der Waals surface area (Å²) in [6.45, 7) is 2.64. The van der Waals surface area contributed by atoms with Crippen LogP contribution >= 0.6 is 24.8 Å². The molecule has 1 atom stereocenters. The fourth-order valence-corrected chi connectivity index (χ4v) is 2.81. The molecule has 1 aliphatic heterocycles. The highest BCUT2D eigenvalue weighted by Gasteiger charge is 2.23. The van der Waals surface area contributed by atoms with E-state index in [1.165, 1.54) is 0 Å². The molecule has 2 N–H and O–H groups in total. The number of halogens is 2. The molecule has 5 nitrogen and oxygen atoms in total. The summed E-state index contributed by atoms with van der Waals surface area (Å²) < 4.78 is 5.70. The van der Waals surface area contributed by atoms with E-state index in [4.69, 9.17) is 10.5 Å². The summed E-state index contributed by atoms with van der Waals surface area (Å²) in [7, 11) is 0. The molecule has 1 aliphatic rings. The van der Waals surface area contributed by atoms with Gasteiger partial charge in [0.1, 0.15) is 12.4 Å². The predicted octanol–water partition coefficient (Wildman–Crippen LogP) is 3.32. The topological polar surface area (TPSA) is 68.5 Å². The summed E-state index contributed by atoms with van der Waals surface area (Å²) in [5.41, 5.74) is 7.52. The third-order valence-electron chi connectivity index (χ3n) is 4.34. The maximum absolute atomic E-state index is 12.2. The second-order valence-corrected chi connectivity index (χ2v) is 6.19. The first-order valence-electron chi connectivity index (χ1n) is 8.54. The van der Waals surface area contributed by atoms with Crippen molar-refractivity contribution in [1.82, 2.24) is 9.88 Å². The van der Waals surface area contributed by atoms with Crippen molar-refractivity contribution >= 4 is 36.8 Å². The zero-order valence-corrected chi connectivity index (χ0v) is 16.6. The number of amides is 1. The number of nitrogens with zero attached hydrogens (tertiary/aromatic N) is 2. The Balaban J connectivity index is 0.00000182. The predicted molar refractivity (Wildman–Crippen MR) is 112 cm³/mol. The molecule has 2 heterocycles. The van der Waals surface area contributed by atoms with Crippen molar-refractivity contribution in [2.75, 3.05) is 19.6 Å². The van der Waals surface area contributed by atoms with Crippen molar-refractivity contribution in [3.05, 3.63) is 66.0 Å². The van der Waals surface area contributed by atoms with Crippen LogP contribution in [0.4, 0.5) is 0 Å². The third kappa shape index (κ3) is 6.86. The van der Waals surface area contributed by atoms with Gasteiger partial charge in [0.25, 0.3) is 0 Å². The molecule has 0 spiro atoms. The van der Waals surface area contributed by atoms with Crippen LogP contribution < -0.4 is 10.5 Å². The fourth-order valence-electron chi connectivity index (χ4n) is 2.81. The number of hydrogen-bond donors (Lipinski definition) is 1. The number of benzene rings is 1. The number of hydrogen-bond acceptors (Lipinski definition) is 4. The van der Waals surface area contributed by atoms with Gasteiger partial charge < -0.3 is 15.4 Å². The quantitative estimate of drug-likeness (QED) is 0.742. The van der Waals surface area contributed by atoms with Crippen molar-refractivity contribution in [3.8, 4) is 5.75 Å². The second-order valence-electron chi connectivity index (χ2n) is 6.19. The average Bonchev–Trinajstić information content (AvgIpc) is 3.15. The van der Waals surface area contributed by atoms with Crippen molar-refractivity contribution in [1.29, 1.82) is 0 Å². The summed E-state index contributed by atoms with van der Waals surface area (Å²) in [5.74, 6) is 1.26. The minimum Gasteiger partial charge on any atom is -0.487 e. The molecule has 1 aromatic carbocycles. The highest BCUT2D eigenvalue weighted by Crippen LogP contribution is 2.17. The van der Waals surface area contributed by atoms with E-state index in [2.05, 4.69) is 4.98 Å². The van der Waals surface area contributed by atoms with Gasteiger partial charge >= 0.3 is 0 Å². The zero-order chi connectivity index (χ0) is 17.5. The molecule has 1 aromatic heterocycles. The van der Waals surface area contributed by atoms with Gasteiger partial charge in [-0.15, -0.1) is 24.8 Å². The molecule has 1 saturated heterocycles. The molecular weight excluding hydrogens is 385 g/mol. The maximum atomic E-state index is 12.2. The number of rotatable bonds is 6. The lowest BCUT2D eigenvalue weighted by molar-refractivity contribution is -0.125. The first kappa shape index (κ1) is 23.0. The molecule has 27 heavy (non-hydrogen) atoms. The van der Waals surface area contributed by atoms with Gasteiger partial charge in [-0.3, -0.25) is 9.78 Å². The van der Waals surface area contributed by atoms with E-state index in [1.54, 1.807) is 12.3 Å². The second kappa shape index (κ2) is 11.6. The normalized spacial score (nSPS) is 15.9. The molecule has 1 amide bonds. The highest BCUT2D eigenvalue weighted by molar-refractivity contribution is 5.92. The van der Waals surface area contributed by atoms with E-state index in [1.807, 2.05) is 53.4 Å². The minimum absolute atomic E-state index is 0. The van der Waals surface area contributed by atoms with Gasteiger partial charge in [0.05, 0.1) is 5.69 Å². The number of aromatic nitrogens is 1. The van der Waals surface area contributed by atoms with Gasteiger partial charge in [-0.1, -0.05) is 18.2 Å². The van der Waals surface area contributed by atoms with Crippen LogP contribution in [-0.2, 0) is 11.4 Å². The average molecular weight is 410 g/mol. The molecule has 3 rings (SSSR count). The van der Waals surface area contributed by atoms with Crippen LogP contribution in [0, 0.1) is 5.92 Å². The molecule has 1 fully saturated rings. The Morgan fingerprint density at radius 2 is 2.00 bits per heavy atom. The van der Waals surface area contributed by atoms with Crippen molar-refractivity contribution in [2.45, 2.75) is 13.0 Å². The van der Waals surface area contributed by atoms with E-state index in [0.29, 0.717) is 19.1 Å². The van der Waals surface area contributed by atoms with Crippen LogP contribution in [0.2, 0.25) is 0 Å². The van der Waals surface area contributed by atoms with Crippen molar-refractivity contribution < 1.29 is 9.53 Å². The standard InChI is InChI=1S/C20H23N3O2.2ClH/c21-13-17-10-12-23(14-17)20(24)9-6-16-4-7-19(8-5-16)25-15-18-3-1-2-11-22-18;;/h1-9,11,17H,10,12-15,21H2;2*1H/b9-6+;;. The number of pyridine rings is 1. The first-order chi connectivity index (χ1) is 12.2. The van der Waals surface area contributed by atoms with Crippen molar-refractivity contribution in [3.63, 3.8) is 0 Å². The molecule has 0 bridgehead atoms. The Kier molecular flexibility index (Phi) is 9.86. The highest BCUT2D eigenvalue weighted by atomic mass is 35.5. The zero-order valence-electron chi connectivity index (χ0n) is 15.0. The van der Waals surface area contributed by atoms with Gasteiger partial charge in [0.2, 0.25) is 5.91 Å². The molecule has 0 aliphatic carbocycles. The largest absolute Gasteiger partial charge is 0.487 e. The minimum atomic E-state index is 0. The third-order valence-corrected chi connectivity index (χ3v) is 4.34. The lowest BCUT2D eigenvalue weighted by atomic mass is 10.1. The number of likely N-dealkylation sites (tertiary alicyclic amines) is 1. The van der Waals surface area contributed by atoms with Crippen molar-refractivity contribution in [2.24, 2.45) is 11.7 Å². The lowest BCUT2D eigenvalue weighted by Gasteiger charge is -2.13. The summed E-state index contributed by atoms with van der Waals surface area (Å²) in [4.78, 5) is 18.3. The van der Waals surface area contributed by atoms with E-state index < -0.39 is 0 Å². The molecular formula is C20H25Cl2N3O2. The Labute approximate surface area is 172 Å². The SMILES string of the molecule is Cl.Cl.NCC1CCN(C(=O)/C=C/c2ccc(OCc3ccccn3)cc2)C1. The molecule has 146 valence electrons. The van der Waals surface area contributed by atoms with Crippen LogP contribution in [0.15, 0.2) is 54.7 Å². The number of carbonyl (C=O) groups is 1. The van der Waals surface area contributed by atoms with E-state index >= 15 is 0 Å². The Hall–Kier alpha value is -2.08. The first-order valence-corrected chi connectivity index (χ1v) is 8.54. The van der Waals surface area contributed by atoms with Crippen LogP contribution in [0.1, 0.15) is 17.7 Å². The Bertz CT molecular complexity index is 724. The fraction of sp³-hybridized carbons (Fsp3) is 0.300. The monoisotopic (exact) mass is 409 g/mol. The smallest absolute Gasteiger partial charge is 0.246 e. The summed E-state index contributed by atoms with van der Waals surface area (Å²) in [6, 6.07) is 13.4. The number of ether oxygens (including phenoxy) is 1. The van der Waals surface area contributed by atoms with Crippen LogP contribution in [0.5, 0.6) is 5.75 Å². The van der Waals surface area contributed by atoms with Crippen LogP contribution in [0.25, 0.3) is 6.08 Å². The van der Waals surface area contributed by atoms with Crippen LogP contribution in [-0.4, -0.2) is 35.4 Å². The van der Waals surface area contributed by atoms with E-state index in [-0.39, 0.29) is 30.7 Å². The number of nitrogens with two attached hydrogens (primary N) is 1. The molecule has 1 unspecified atom stereocenters. The van der Waals surface area contributed by atoms with Gasteiger partial charge in [-0.05, 0) is 54.8 Å². The summed E-state index contributed by atoms with van der Waals surface area (Å²) in [5, 5.41) is 0. The number of carbonyl (C=O) groups excluding carboxylic acids is 1. The van der Waals surface area contributed by atoms with E-state index in [0.717, 1.165) is 36.5 Å². The van der Waals surface area contributed by atoms with E-state index in [9.17, 15) is 4.79 Å².